The van der Waals surface area contributed by atoms with Crippen LogP contribution in [0.25, 0.3) is 0 Å². The molecular formula is C20H31NO4. The van der Waals surface area contributed by atoms with E-state index in [1.54, 1.807) is 26.0 Å². The van der Waals surface area contributed by atoms with Gasteiger partial charge in [-0.25, -0.2) is 0 Å². The van der Waals surface area contributed by atoms with Gasteiger partial charge in [0.2, 0.25) is 5.91 Å². The third-order valence-electron chi connectivity index (χ3n) is 5.21. The van der Waals surface area contributed by atoms with Crippen LogP contribution in [-0.2, 0) is 10.2 Å². The van der Waals surface area contributed by atoms with Crippen LogP contribution in [0.15, 0.2) is 18.2 Å². The summed E-state index contributed by atoms with van der Waals surface area (Å²) in [6.07, 6.45) is 4.36. The third-order valence-corrected chi connectivity index (χ3v) is 5.21. The first-order valence-corrected chi connectivity index (χ1v) is 9.18. The number of aliphatic hydroxyl groups is 1. The first-order chi connectivity index (χ1) is 12.0. The van der Waals surface area contributed by atoms with Crippen molar-refractivity contribution >= 4 is 5.91 Å². The van der Waals surface area contributed by atoms with Crippen LogP contribution in [0.1, 0.15) is 51.5 Å². The predicted molar refractivity (Wildman–Crippen MR) is 98.2 cm³/mol. The summed E-state index contributed by atoms with van der Waals surface area (Å²) in [4.78, 5) is 15.3. The summed E-state index contributed by atoms with van der Waals surface area (Å²) in [6.45, 7) is 4.65. The fourth-order valence-electron chi connectivity index (χ4n) is 3.89. The molecule has 0 spiro atoms. The normalized spacial score (nSPS) is 17.6. The molecule has 0 aromatic heterocycles. The molecule has 5 heteroatoms. The quantitative estimate of drug-likeness (QED) is 0.822. The molecule has 0 unspecified atom stereocenters. The van der Waals surface area contributed by atoms with Gasteiger partial charge in [0, 0.05) is 13.1 Å². The average molecular weight is 349 g/mol. The first kappa shape index (κ1) is 19.6. The molecule has 0 radical (unpaired) electrons. The minimum absolute atomic E-state index is 0.114. The van der Waals surface area contributed by atoms with Crippen molar-refractivity contribution in [2.75, 3.05) is 27.3 Å². The molecule has 1 aliphatic carbocycles. The number of carbonyl (C=O) groups is 1. The first-order valence-electron chi connectivity index (χ1n) is 9.18. The van der Waals surface area contributed by atoms with Gasteiger partial charge in [0.05, 0.1) is 25.7 Å². The van der Waals surface area contributed by atoms with Gasteiger partial charge in [-0.05, 0) is 44.4 Å². The molecule has 25 heavy (non-hydrogen) atoms. The second-order valence-corrected chi connectivity index (χ2v) is 6.91. The van der Waals surface area contributed by atoms with E-state index in [9.17, 15) is 9.90 Å². The van der Waals surface area contributed by atoms with E-state index in [1.165, 1.54) is 0 Å². The zero-order chi connectivity index (χ0) is 18.4. The van der Waals surface area contributed by atoms with Crippen LogP contribution in [0.5, 0.6) is 11.5 Å². The highest BCUT2D eigenvalue weighted by atomic mass is 16.5. The lowest BCUT2D eigenvalue weighted by Crippen LogP contribution is -2.49. The predicted octanol–water partition coefficient (Wildman–Crippen LogP) is 3.14. The van der Waals surface area contributed by atoms with Crippen molar-refractivity contribution in [3.8, 4) is 11.5 Å². The number of carbonyl (C=O) groups excluding carboxylic acids is 1. The van der Waals surface area contributed by atoms with E-state index in [-0.39, 0.29) is 5.91 Å². The molecule has 1 aromatic rings. The maximum Gasteiger partial charge on any atom is 0.233 e. The summed E-state index contributed by atoms with van der Waals surface area (Å²) in [6, 6.07) is 5.81. The van der Waals surface area contributed by atoms with Gasteiger partial charge < -0.3 is 19.5 Å². The smallest absolute Gasteiger partial charge is 0.233 e. The Morgan fingerprint density at radius 2 is 1.84 bits per heavy atom. The number of nitrogens with zero attached hydrogens (tertiary/aromatic N) is 1. The van der Waals surface area contributed by atoms with Crippen LogP contribution in [0, 0.1) is 0 Å². The molecule has 1 amide bonds. The Balaban J connectivity index is 2.45. The van der Waals surface area contributed by atoms with E-state index in [2.05, 4.69) is 0 Å². The number of hydrogen-bond acceptors (Lipinski definition) is 4. The number of amides is 1. The van der Waals surface area contributed by atoms with Crippen molar-refractivity contribution in [3.05, 3.63) is 23.8 Å². The Bertz CT molecular complexity index is 579. The molecule has 1 saturated carbocycles. The van der Waals surface area contributed by atoms with E-state index in [0.29, 0.717) is 24.6 Å². The summed E-state index contributed by atoms with van der Waals surface area (Å²) in [5, 5.41) is 9.78. The van der Waals surface area contributed by atoms with Crippen molar-refractivity contribution < 1.29 is 19.4 Å². The Morgan fingerprint density at radius 1 is 1.20 bits per heavy atom. The molecule has 0 saturated heterocycles. The molecule has 1 atom stereocenters. The van der Waals surface area contributed by atoms with Gasteiger partial charge >= 0.3 is 0 Å². The summed E-state index contributed by atoms with van der Waals surface area (Å²) in [7, 11) is 3.23. The molecule has 1 N–H and O–H groups in total. The highest BCUT2D eigenvalue weighted by Gasteiger charge is 2.43. The molecule has 0 heterocycles. The molecule has 0 aliphatic heterocycles. The molecule has 2 rings (SSSR count). The van der Waals surface area contributed by atoms with Gasteiger partial charge in [0.1, 0.15) is 0 Å². The lowest BCUT2D eigenvalue weighted by molar-refractivity contribution is -0.140. The molecule has 1 fully saturated rings. The second-order valence-electron chi connectivity index (χ2n) is 6.91. The summed E-state index contributed by atoms with van der Waals surface area (Å²) in [5.41, 5.74) is 0.446. The zero-order valence-electron chi connectivity index (χ0n) is 15.9. The Kier molecular flexibility index (Phi) is 6.71. The van der Waals surface area contributed by atoms with Crippen LogP contribution in [0.2, 0.25) is 0 Å². The third kappa shape index (κ3) is 4.09. The van der Waals surface area contributed by atoms with Gasteiger partial charge in [-0.3, -0.25) is 4.79 Å². The Labute approximate surface area is 150 Å². The fourth-order valence-corrected chi connectivity index (χ4v) is 3.89. The molecule has 1 aliphatic rings. The van der Waals surface area contributed by atoms with E-state index in [4.69, 9.17) is 9.47 Å². The number of ether oxygens (including phenoxy) is 2. The SMILES string of the molecule is CCN(C[C@@H](C)O)C(=O)C1(c2ccc(OC)c(OC)c2)CCCCC1. The standard InChI is InChI=1S/C20H31NO4/c1-5-21(14-15(2)22)19(23)20(11-7-6-8-12-20)16-9-10-17(24-3)18(13-16)25-4/h9-10,13,15,22H,5-8,11-12,14H2,1-4H3/t15-/m1/s1. The molecule has 1 aromatic carbocycles. The molecule has 140 valence electrons. The van der Waals surface area contributed by atoms with E-state index in [0.717, 1.165) is 37.7 Å². The maximum atomic E-state index is 13.5. The zero-order valence-corrected chi connectivity index (χ0v) is 15.9. The Morgan fingerprint density at radius 3 is 2.36 bits per heavy atom. The van der Waals surface area contributed by atoms with Crippen LogP contribution in [-0.4, -0.2) is 49.3 Å². The van der Waals surface area contributed by atoms with Crippen molar-refractivity contribution in [1.82, 2.24) is 4.90 Å². The van der Waals surface area contributed by atoms with Gasteiger partial charge in [0.15, 0.2) is 11.5 Å². The van der Waals surface area contributed by atoms with Crippen LogP contribution in [0.4, 0.5) is 0 Å². The van der Waals surface area contributed by atoms with Crippen LogP contribution >= 0.6 is 0 Å². The molecule has 5 nitrogen and oxygen atoms in total. The lowest BCUT2D eigenvalue weighted by atomic mass is 9.68. The monoisotopic (exact) mass is 349 g/mol. The topological polar surface area (TPSA) is 59.0 Å². The minimum atomic E-state index is -0.539. The minimum Gasteiger partial charge on any atom is -0.493 e. The lowest BCUT2D eigenvalue weighted by Gasteiger charge is -2.40. The number of benzene rings is 1. The Hall–Kier alpha value is -1.75. The number of aliphatic hydroxyl groups excluding tert-OH is 1. The fraction of sp³-hybridized carbons (Fsp3) is 0.650. The summed E-state index contributed by atoms with van der Waals surface area (Å²) < 4.78 is 10.8. The maximum absolute atomic E-state index is 13.5. The number of likely N-dealkylation sites (N-methyl/N-ethyl adjacent to an activating group) is 1. The molecule has 0 bridgehead atoms. The van der Waals surface area contributed by atoms with E-state index in [1.807, 2.05) is 25.1 Å². The highest BCUT2D eigenvalue weighted by molar-refractivity contribution is 5.88. The summed E-state index contributed by atoms with van der Waals surface area (Å²) in [5.74, 6) is 1.43. The largest absolute Gasteiger partial charge is 0.493 e. The van der Waals surface area contributed by atoms with Crippen molar-refractivity contribution in [3.63, 3.8) is 0 Å². The number of rotatable bonds is 7. The number of methoxy groups -OCH3 is 2. The second kappa shape index (κ2) is 8.56. The van der Waals surface area contributed by atoms with Gasteiger partial charge in [-0.1, -0.05) is 25.3 Å². The average Bonchev–Trinajstić information content (AvgIpc) is 2.65. The van der Waals surface area contributed by atoms with Crippen LogP contribution < -0.4 is 9.47 Å². The van der Waals surface area contributed by atoms with Crippen LogP contribution in [0.3, 0.4) is 0 Å². The summed E-state index contributed by atoms with van der Waals surface area (Å²) >= 11 is 0. The van der Waals surface area contributed by atoms with Gasteiger partial charge in [-0.15, -0.1) is 0 Å². The number of hydrogen-bond donors (Lipinski definition) is 1. The van der Waals surface area contributed by atoms with Gasteiger partial charge in [-0.2, -0.15) is 0 Å². The molecular weight excluding hydrogens is 318 g/mol. The highest BCUT2D eigenvalue weighted by Crippen LogP contribution is 2.43. The van der Waals surface area contributed by atoms with E-state index < -0.39 is 11.5 Å². The van der Waals surface area contributed by atoms with Crippen molar-refractivity contribution in [1.29, 1.82) is 0 Å². The van der Waals surface area contributed by atoms with Crippen molar-refractivity contribution in [2.45, 2.75) is 57.5 Å². The van der Waals surface area contributed by atoms with E-state index >= 15 is 0 Å². The van der Waals surface area contributed by atoms with Crippen molar-refractivity contribution in [2.24, 2.45) is 0 Å². The van der Waals surface area contributed by atoms with Gasteiger partial charge in [0.25, 0.3) is 0 Å².